The summed E-state index contributed by atoms with van der Waals surface area (Å²) >= 11 is 1.53. The quantitative estimate of drug-likeness (QED) is 0.192. The smallest absolute Gasteiger partial charge is 0.257 e. The van der Waals surface area contributed by atoms with Gasteiger partial charge in [-0.05, 0) is 77.4 Å². The van der Waals surface area contributed by atoms with E-state index in [1.165, 1.54) is 11.3 Å². The number of rotatable bonds is 9. The Kier molecular flexibility index (Phi) is 7.70. The number of nitrogens with zero attached hydrogens (tertiary/aromatic N) is 2. The lowest BCUT2D eigenvalue weighted by atomic mass is 10.0. The second-order valence-corrected chi connectivity index (χ2v) is 10.3. The number of carbonyl (C=O) groups is 1. The van der Waals surface area contributed by atoms with Gasteiger partial charge in [-0.1, -0.05) is 18.2 Å². The molecule has 0 bridgehead atoms. The maximum atomic E-state index is 13.2. The molecule has 42 heavy (non-hydrogen) atoms. The number of aromatic nitrogens is 1. The molecular weight excluding hydrogens is 548 g/mol. The first-order valence-electron chi connectivity index (χ1n) is 13.3. The summed E-state index contributed by atoms with van der Waals surface area (Å²) in [6.07, 6.45) is 0.658. The van der Waals surface area contributed by atoms with Gasteiger partial charge in [0.2, 0.25) is 0 Å². The molecule has 0 fully saturated rings. The molecule has 0 unspecified atom stereocenters. The third-order valence-corrected chi connectivity index (χ3v) is 7.50. The normalized spacial score (nSPS) is 11.7. The molecule has 1 aliphatic rings. The second-order valence-electron chi connectivity index (χ2n) is 9.59. The lowest BCUT2D eigenvalue weighted by molar-refractivity contribution is 0.102. The first-order chi connectivity index (χ1) is 20.6. The van der Waals surface area contributed by atoms with Crippen LogP contribution in [0, 0.1) is 11.3 Å². The number of nitriles is 1. The number of methoxy groups -OCH3 is 1. The van der Waals surface area contributed by atoms with E-state index in [9.17, 15) is 4.79 Å². The number of nitrogens with one attached hydrogen (secondary N) is 2. The summed E-state index contributed by atoms with van der Waals surface area (Å²) in [7, 11) is 1.61. The lowest BCUT2D eigenvalue weighted by Crippen LogP contribution is -2.11. The Morgan fingerprint density at radius 2 is 1.69 bits per heavy atom. The van der Waals surface area contributed by atoms with Crippen LogP contribution in [0.5, 0.6) is 17.2 Å². The Balaban J connectivity index is 1.17. The number of hydrogen-bond donors (Lipinski definition) is 2. The van der Waals surface area contributed by atoms with E-state index >= 15 is 0 Å². The summed E-state index contributed by atoms with van der Waals surface area (Å²) in [5.41, 5.74) is 8.90. The van der Waals surface area contributed by atoms with Crippen LogP contribution in [0.25, 0.3) is 11.1 Å². The van der Waals surface area contributed by atoms with E-state index < -0.39 is 0 Å². The number of amides is 1. The molecule has 4 aromatic carbocycles. The standard InChI is InChI=1S/C33H26N4O4S/c1-39-32-16-24(6-11-31(32)41-18-25-19-42-20-35-25)23-5-9-27-29(15-23)36-28-10-4-21(14-30(28)37-33(27)38)12-13-40-26-7-2-22(17-34)3-8-26/h2-11,14-16,19-20,36H,12-13,18H2,1H3,(H,37,38). The minimum atomic E-state index is -0.183. The highest BCUT2D eigenvalue weighted by molar-refractivity contribution is 7.07. The zero-order valence-corrected chi connectivity index (χ0v) is 23.5. The molecule has 0 saturated carbocycles. The topological polar surface area (TPSA) is 106 Å². The van der Waals surface area contributed by atoms with E-state index in [4.69, 9.17) is 19.5 Å². The van der Waals surface area contributed by atoms with Crippen molar-refractivity contribution >= 4 is 34.3 Å². The molecule has 0 radical (unpaired) electrons. The van der Waals surface area contributed by atoms with Crippen molar-refractivity contribution in [3.63, 3.8) is 0 Å². The minimum absolute atomic E-state index is 0.183. The molecule has 6 rings (SSSR count). The van der Waals surface area contributed by atoms with E-state index in [-0.39, 0.29) is 5.91 Å². The predicted octanol–water partition coefficient (Wildman–Crippen LogP) is 7.20. The van der Waals surface area contributed by atoms with Crippen molar-refractivity contribution in [1.82, 2.24) is 4.98 Å². The molecule has 5 aromatic rings. The van der Waals surface area contributed by atoms with Gasteiger partial charge in [0.15, 0.2) is 11.5 Å². The number of carbonyl (C=O) groups excluding carboxylic acids is 1. The summed E-state index contributed by atoms with van der Waals surface area (Å²) in [4.78, 5) is 17.4. The molecule has 0 atom stereocenters. The Hall–Kier alpha value is -5.33. The number of fused-ring (bicyclic) bond motifs is 2. The van der Waals surface area contributed by atoms with Crippen molar-refractivity contribution in [1.29, 1.82) is 5.26 Å². The SMILES string of the molecule is COc1cc(-c2ccc3c(c2)Nc2ccc(CCOc4ccc(C#N)cc4)cc2NC3=O)ccc1OCc1cscn1. The largest absolute Gasteiger partial charge is 0.493 e. The molecule has 0 spiro atoms. The van der Waals surface area contributed by atoms with Gasteiger partial charge in [0, 0.05) is 11.8 Å². The molecule has 2 heterocycles. The summed E-state index contributed by atoms with van der Waals surface area (Å²) in [6, 6.07) is 26.6. The zero-order chi connectivity index (χ0) is 28.9. The van der Waals surface area contributed by atoms with Crippen LogP contribution in [-0.4, -0.2) is 24.6 Å². The van der Waals surface area contributed by atoms with Gasteiger partial charge in [0.25, 0.3) is 5.91 Å². The molecule has 1 aliphatic heterocycles. The van der Waals surface area contributed by atoms with E-state index in [0.717, 1.165) is 28.1 Å². The fraction of sp³-hybridized carbons (Fsp3) is 0.121. The van der Waals surface area contributed by atoms with Crippen LogP contribution in [0.2, 0.25) is 0 Å². The third-order valence-electron chi connectivity index (χ3n) is 6.86. The van der Waals surface area contributed by atoms with Gasteiger partial charge in [-0.15, -0.1) is 11.3 Å². The maximum absolute atomic E-state index is 13.2. The van der Waals surface area contributed by atoms with Crippen LogP contribution in [0.15, 0.2) is 89.8 Å². The summed E-state index contributed by atoms with van der Waals surface area (Å²) in [6.45, 7) is 0.830. The highest BCUT2D eigenvalue weighted by Gasteiger charge is 2.20. The third kappa shape index (κ3) is 5.89. The molecular formula is C33H26N4O4S. The van der Waals surface area contributed by atoms with E-state index in [2.05, 4.69) is 21.7 Å². The van der Waals surface area contributed by atoms with Crippen molar-refractivity contribution in [2.45, 2.75) is 13.0 Å². The molecule has 8 nitrogen and oxygen atoms in total. The van der Waals surface area contributed by atoms with Gasteiger partial charge in [0.1, 0.15) is 12.4 Å². The highest BCUT2D eigenvalue weighted by Crippen LogP contribution is 2.37. The molecule has 208 valence electrons. The first kappa shape index (κ1) is 26.9. The summed E-state index contributed by atoms with van der Waals surface area (Å²) < 4.78 is 17.4. The molecule has 2 N–H and O–H groups in total. The number of hydrogen-bond acceptors (Lipinski definition) is 8. The monoisotopic (exact) mass is 574 g/mol. The van der Waals surface area contributed by atoms with Crippen molar-refractivity contribution in [3.8, 4) is 34.4 Å². The van der Waals surface area contributed by atoms with Gasteiger partial charge >= 0.3 is 0 Å². The van der Waals surface area contributed by atoms with Crippen molar-refractivity contribution < 1.29 is 19.0 Å². The lowest BCUT2D eigenvalue weighted by Gasteiger charge is -2.14. The number of thiazole rings is 1. The van der Waals surface area contributed by atoms with Crippen molar-refractivity contribution in [2.75, 3.05) is 24.4 Å². The van der Waals surface area contributed by atoms with E-state index in [0.29, 0.717) is 59.4 Å². The fourth-order valence-corrected chi connectivity index (χ4v) is 5.20. The average Bonchev–Trinajstić information content (AvgIpc) is 3.50. The molecule has 1 aromatic heterocycles. The van der Waals surface area contributed by atoms with Crippen LogP contribution < -0.4 is 24.8 Å². The van der Waals surface area contributed by atoms with Gasteiger partial charge in [-0.25, -0.2) is 4.98 Å². The first-order valence-corrected chi connectivity index (χ1v) is 14.2. The van der Waals surface area contributed by atoms with Crippen LogP contribution >= 0.6 is 11.3 Å². The Morgan fingerprint density at radius 3 is 2.48 bits per heavy atom. The van der Waals surface area contributed by atoms with Gasteiger partial charge in [0.05, 0.1) is 59.2 Å². The van der Waals surface area contributed by atoms with Gasteiger partial charge < -0.3 is 24.8 Å². The van der Waals surface area contributed by atoms with Gasteiger partial charge in [-0.2, -0.15) is 5.26 Å². The molecule has 0 saturated heterocycles. The highest BCUT2D eigenvalue weighted by atomic mass is 32.1. The van der Waals surface area contributed by atoms with Gasteiger partial charge in [-0.3, -0.25) is 4.79 Å². The zero-order valence-electron chi connectivity index (χ0n) is 22.7. The van der Waals surface area contributed by atoms with Crippen LogP contribution in [0.1, 0.15) is 27.2 Å². The Morgan fingerprint density at radius 1 is 0.857 bits per heavy atom. The van der Waals surface area contributed by atoms with Crippen LogP contribution in [-0.2, 0) is 13.0 Å². The average molecular weight is 575 g/mol. The number of benzene rings is 4. The Labute approximate surface area is 247 Å². The maximum Gasteiger partial charge on any atom is 0.257 e. The fourth-order valence-electron chi connectivity index (χ4n) is 4.66. The number of ether oxygens (including phenoxy) is 3. The Bertz CT molecular complexity index is 1780. The van der Waals surface area contributed by atoms with Crippen molar-refractivity contribution in [2.24, 2.45) is 0 Å². The summed E-state index contributed by atoms with van der Waals surface area (Å²) in [5, 5.41) is 17.4. The minimum Gasteiger partial charge on any atom is -0.493 e. The van der Waals surface area contributed by atoms with E-state index in [1.807, 2.05) is 60.0 Å². The van der Waals surface area contributed by atoms with E-state index in [1.54, 1.807) is 36.9 Å². The number of anilines is 3. The summed E-state index contributed by atoms with van der Waals surface area (Å²) in [5.74, 6) is 1.77. The molecule has 1 amide bonds. The van der Waals surface area contributed by atoms with Crippen LogP contribution in [0.3, 0.4) is 0 Å². The second kappa shape index (κ2) is 12.0. The van der Waals surface area contributed by atoms with Crippen molar-refractivity contribution in [3.05, 3.63) is 112 Å². The predicted molar refractivity (Wildman–Crippen MR) is 163 cm³/mol. The molecule has 0 aliphatic carbocycles. The van der Waals surface area contributed by atoms with Crippen LogP contribution in [0.4, 0.5) is 17.1 Å². The molecule has 9 heteroatoms.